The molecule has 1 saturated heterocycles. The standard InChI is InChI=1S/C22H19ClN2O5S2/c23-15-7-5-13(6-8-15)12-30-17-4-2-1-3-14(17)11-18-20(27)25(22(31)32-18)16(21(28)29)9-10-19(24)26/h1-8,11,16H,9-10,12H2,(H2,24,26)(H,28,29)/b18-11-. The van der Waals surface area contributed by atoms with E-state index in [1.165, 1.54) is 0 Å². The topological polar surface area (TPSA) is 110 Å². The third-order valence-electron chi connectivity index (χ3n) is 4.60. The molecule has 1 fully saturated rings. The van der Waals surface area contributed by atoms with Gasteiger partial charge in [0.1, 0.15) is 22.7 Å². The first-order valence-electron chi connectivity index (χ1n) is 9.50. The van der Waals surface area contributed by atoms with Crippen LogP contribution >= 0.6 is 35.6 Å². The fourth-order valence-electron chi connectivity index (χ4n) is 3.00. The molecule has 166 valence electrons. The summed E-state index contributed by atoms with van der Waals surface area (Å²) >= 11 is 12.2. The minimum Gasteiger partial charge on any atom is -0.488 e. The van der Waals surface area contributed by atoms with Crippen molar-refractivity contribution in [3.8, 4) is 5.75 Å². The van der Waals surface area contributed by atoms with Crippen LogP contribution in [0.15, 0.2) is 53.4 Å². The first-order chi connectivity index (χ1) is 15.3. The van der Waals surface area contributed by atoms with Crippen molar-refractivity contribution >= 4 is 63.8 Å². The van der Waals surface area contributed by atoms with Gasteiger partial charge >= 0.3 is 5.97 Å². The van der Waals surface area contributed by atoms with Crippen LogP contribution in [0.25, 0.3) is 6.08 Å². The molecule has 0 radical (unpaired) electrons. The van der Waals surface area contributed by atoms with Gasteiger partial charge in [0, 0.05) is 17.0 Å². The highest BCUT2D eigenvalue weighted by Crippen LogP contribution is 2.36. The minimum absolute atomic E-state index is 0.109. The molecule has 1 heterocycles. The quantitative estimate of drug-likeness (QED) is 0.406. The Morgan fingerprint density at radius 3 is 2.56 bits per heavy atom. The molecule has 1 unspecified atom stereocenters. The SMILES string of the molecule is NC(=O)CCC(C(=O)O)N1C(=O)/C(=C/c2ccccc2OCc2ccc(Cl)cc2)SC1=S. The zero-order valence-electron chi connectivity index (χ0n) is 16.7. The van der Waals surface area contributed by atoms with E-state index in [1.807, 2.05) is 18.2 Å². The number of ether oxygens (including phenoxy) is 1. The van der Waals surface area contributed by atoms with Crippen LogP contribution in [-0.4, -0.2) is 38.2 Å². The van der Waals surface area contributed by atoms with Gasteiger partial charge in [0.15, 0.2) is 0 Å². The van der Waals surface area contributed by atoms with E-state index in [0.29, 0.717) is 22.9 Å². The number of rotatable bonds is 9. The molecule has 7 nitrogen and oxygen atoms in total. The Hall–Kier alpha value is -2.88. The van der Waals surface area contributed by atoms with Crippen LogP contribution in [-0.2, 0) is 21.0 Å². The molecule has 32 heavy (non-hydrogen) atoms. The molecule has 0 aliphatic carbocycles. The molecule has 10 heteroatoms. The number of nitrogens with zero attached hydrogens (tertiary/aromatic N) is 1. The lowest BCUT2D eigenvalue weighted by molar-refractivity contribution is -0.145. The molecule has 2 aromatic carbocycles. The summed E-state index contributed by atoms with van der Waals surface area (Å²) in [4.78, 5) is 37.0. The number of carbonyl (C=O) groups is 3. The second-order valence-electron chi connectivity index (χ2n) is 6.86. The summed E-state index contributed by atoms with van der Waals surface area (Å²) in [6, 6.07) is 13.2. The van der Waals surface area contributed by atoms with Crippen molar-refractivity contribution in [1.82, 2.24) is 4.90 Å². The normalized spacial score (nSPS) is 15.8. The number of hydrogen-bond donors (Lipinski definition) is 2. The third-order valence-corrected chi connectivity index (χ3v) is 6.18. The van der Waals surface area contributed by atoms with E-state index in [4.69, 9.17) is 34.3 Å². The van der Waals surface area contributed by atoms with E-state index >= 15 is 0 Å². The highest BCUT2D eigenvalue weighted by atomic mass is 35.5. The largest absolute Gasteiger partial charge is 0.488 e. The molecule has 0 bridgehead atoms. The molecule has 3 N–H and O–H groups in total. The number of thiocarbonyl (C=S) groups is 1. The number of hydrogen-bond acceptors (Lipinski definition) is 6. The monoisotopic (exact) mass is 490 g/mol. The van der Waals surface area contributed by atoms with Crippen LogP contribution in [0.4, 0.5) is 0 Å². The third kappa shape index (κ3) is 5.87. The Balaban J connectivity index is 1.80. The van der Waals surface area contributed by atoms with Gasteiger partial charge in [-0.1, -0.05) is 65.9 Å². The van der Waals surface area contributed by atoms with Gasteiger partial charge in [0.25, 0.3) is 5.91 Å². The Bertz CT molecular complexity index is 1090. The first kappa shape index (κ1) is 23.8. The maximum atomic E-state index is 12.9. The van der Waals surface area contributed by atoms with E-state index < -0.39 is 23.8 Å². The van der Waals surface area contributed by atoms with E-state index in [9.17, 15) is 19.5 Å². The van der Waals surface area contributed by atoms with Gasteiger partial charge in [-0.3, -0.25) is 14.5 Å². The summed E-state index contributed by atoms with van der Waals surface area (Å²) < 4.78 is 6.02. The van der Waals surface area contributed by atoms with Gasteiger partial charge in [-0.15, -0.1) is 0 Å². The number of carbonyl (C=O) groups excluding carboxylic acids is 2. The Labute approximate surface area is 199 Å². The highest BCUT2D eigenvalue weighted by Gasteiger charge is 2.40. The second kappa shape index (κ2) is 10.6. The number of para-hydroxylation sites is 1. The maximum absolute atomic E-state index is 12.9. The summed E-state index contributed by atoms with van der Waals surface area (Å²) in [6.07, 6.45) is 1.32. The second-order valence-corrected chi connectivity index (χ2v) is 8.98. The Kier molecular flexibility index (Phi) is 7.89. The Morgan fingerprint density at radius 2 is 1.91 bits per heavy atom. The minimum atomic E-state index is -1.27. The first-order valence-corrected chi connectivity index (χ1v) is 11.1. The highest BCUT2D eigenvalue weighted by molar-refractivity contribution is 8.26. The molecule has 0 spiro atoms. The Morgan fingerprint density at radius 1 is 1.22 bits per heavy atom. The smallest absolute Gasteiger partial charge is 0.326 e. The lowest BCUT2D eigenvalue weighted by atomic mass is 10.1. The summed E-state index contributed by atoms with van der Waals surface area (Å²) in [5, 5.41) is 10.2. The van der Waals surface area contributed by atoms with Crippen molar-refractivity contribution < 1.29 is 24.2 Å². The van der Waals surface area contributed by atoms with Gasteiger partial charge < -0.3 is 15.6 Å². The molecule has 1 aliphatic heterocycles. The van der Waals surface area contributed by atoms with Gasteiger partial charge in [0.05, 0.1) is 4.91 Å². The van der Waals surface area contributed by atoms with Gasteiger partial charge in [-0.25, -0.2) is 4.79 Å². The van der Waals surface area contributed by atoms with Crippen molar-refractivity contribution in [1.29, 1.82) is 0 Å². The predicted octanol–water partition coefficient (Wildman–Crippen LogP) is 3.84. The van der Waals surface area contributed by atoms with Crippen LogP contribution in [0.5, 0.6) is 5.75 Å². The molecule has 2 aromatic rings. The van der Waals surface area contributed by atoms with Crippen LogP contribution in [0.2, 0.25) is 5.02 Å². The zero-order chi connectivity index (χ0) is 23.3. The van der Waals surface area contributed by atoms with Crippen molar-refractivity contribution in [3.63, 3.8) is 0 Å². The van der Waals surface area contributed by atoms with Crippen molar-refractivity contribution in [3.05, 3.63) is 69.6 Å². The molecule has 3 rings (SSSR count). The zero-order valence-corrected chi connectivity index (χ0v) is 19.1. The van der Waals surface area contributed by atoms with Gasteiger partial charge in [0.2, 0.25) is 5.91 Å². The lowest BCUT2D eigenvalue weighted by Crippen LogP contribution is -2.44. The fourth-order valence-corrected chi connectivity index (χ4v) is 4.48. The predicted molar refractivity (Wildman–Crippen MR) is 127 cm³/mol. The number of carboxylic acid groups (broad SMARTS) is 1. The van der Waals surface area contributed by atoms with Crippen molar-refractivity contribution in [2.45, 2.75) is 25.5 Å². The number of aliphatic carboxylic acids is 1. The summed E-state index contributed by atoms with van der Waals surface area (Å²) in [6.45, 7) is 0.303. The summed E-state index contributed by atoms with van der Waals surface area (Å²) in [7, 11) is 0. The van der Waals surface area contributed by atoms with Crippen molar-refractivity contribution in [2.75, 3.05) is 0 Å². The van der Waals surface area contributed by atoms with Crippen LogP contribution in [0.1, 0.15) is 24.0 Å². The van der Waals surface area contributed by atoms with Crippen LogP contribution in [0, 0.1) is 0 Å². The number of nitrogens with two attached hydrogens (primary N) is 1. The van der Waals surface area contributed by atoms with E-state index in [-0.39, 0.29) is 22.1 Å². The lowest BCUT2D eigenvalue weighted by Gasteiger charge is -2.22. The molecule has 0 saturated carbocycles. The average Bonchev–Trinajstić information content (AvgIpc) is 3.02. The molecule has 1 atom stereocenters. The number of carboxylic acids is 1. The van der Waals surface area contributed by atoms with E-state index in [1.54, 1.807) is 36.4 Å². The summed E-state index contributed by atoms with van der Waals surface area (Å²) in [5.74, 6) is -1.89. The van der Waals surface area contributed by atoms with E-state index in [2.05, 4.69) is 0 Å². The van der Waals surface area contributed by atoms with E-state index in [0.717, 1.165) is 22.2 Å². The number of benzene rings is 2. The molecule has 1 aliphatic rings. The number of amides is 2. The molecule has 2 amide bonds. The number of halogens is 1. The molecular formula is C22H19ClN2O5S2. The van der Waals surface area contributed by atoms with Gasteiger partial charge in [-0.05, 0) is 36.3 Å². The van der Waals surface area contributed by atoms with Crippen LogP contribution < -0.4 is 10.5 Å². The average molecular weight is 491 g/mol. The number of primary amides is 1. The molecular weight excluding hydrogens is 472 g/mol. The maximum Gasteiger partial charge on any atom is 0.326 e. The van der Waals surface area contributed by atoms with Crippen molar-refractivity contribution in [2.24, 2.45) is 5.73 Å². The summed E-state index contributed by atoms with van der Waals surface area (Å²) in [5.41, 5.74) is 6.70. The fraction of sp³-hybridized carbons (Fsp3) is 0.182. The van der Waals surface area contributed by atoms with Gasteiger partial charge in [-0.2, -0.15) is 0 Å². The molecule has 0 aromatic heterocycles. The van der Waals surface area contributed by atoms with Crippen LogP contribution in [0.3, 0.4) is 0 Å². The number of thioether (sulfide) groups is 1.